The molecule has 152 valence electrons. The van der Waals surface area contributed by atoms with Crippen molar-refractivity contribution in [3.63, 3.8) is 0 Å². The van der Waals surface area contributed by atoms with Crippen LogP contribution in [0.3, 0.4) is 0 Å². The number of carbonyl (C=O) groups excluding carboxylic acids is 1. The first-order valence-corrected chi connectivity index (χ1v) is 8.14. The van der Waals surface area contributed by atoms with Gasteiger partial charge in [-0.15, -0.1) is 0 Å². The molecule has 4 nitrogen and oxygen atoms in total. The van der Waals surface area contributed by atoms with Gasteiger partial charge in [-0.05, 0) is 42.5 Å². The van der Waals surface area contributed by atoms with Gasteiger partial charge < -0.3 is 9.73 Å². The van der Waals surface area contributed by atoms with Crippen LogP contribution in [-0.4, -0.2) is 10.9 Å². The van der Waals surface area contributed by atoms with E-state index >= 15 is 0 Å². The summed E-state index contributed by atoms with van der Waals surface area (Å²) < 4.78 is 81.3. The van der Waals surface area contributed by atoms with Crippen molar-refractivity contribution in [2.75, 3.05) is 5.32 Å². The van der Waals surface area contributed by atoms with Crippen molar-refractivity contribution in [2.24, 2.45) is 0 Å². The number of hydrogen-bond acceptors (Lipinski definition) is 3. The van der Waals surface area contributed by atoms with Gasteiger partial charge in [-0.2, -0.15) is 26.3 Å². The molecule has 0 aliphatic carbocycles. The van der Waals surface area contributed by atoms with Crippen molar-refractivity contribution in [3.05, 3.63) is 70.6 Å². The number of amides is 1. The van der Waals surface area contributed by atoms with Crippen molar-refractivity contribution in [1.82, 2.24) is 4.98 Å². The molecule has 0 spiro atoms. The number of hydrogen-bond donors (Lipinski definition) is 1. The van der Waals surface area contributed by atoms with Gasteiger partial charge in [0, 0.05) is 5.56 Å². The van der Waals surface area contributed by atoms with E-state index in [0.717, 1.165) is 42.7 Å². The number of rotatable bonds is 3. The van der Waals surface area contributed by atoms with Gasteiger partial charge in [0.2, 0.25) is 5.89 Å². The second-order valence-corrected chi connectivity index (χ2v) is 6.17. The number of nitrogens with zero attached hydrogens (tertiary/aromatic N) is 1. The molecule has 0 unspecified atom stereocenters. The highest BCUT2D eigenvalue weighted by molar-refractivity contribution is 6.33. The lowest BCUT2D eigenvalue weighted by atomic mass is 10.1. The molecular weight excluding hydrogens is 426 g/mol. The Bertz CT molecular complexity index is 1040. The van der Waals surface area contributed by atoms with E-state index in [9.17, 15) is 31.1 Å². The molecule has 3 rings (SSSR count). The minimum Gasteiger partial charge on any atom is -0.444 e. The summed E-state index contributed by atoms with van der Waals surface area (Å²) in [4.78, 5) is 16.1. The lowest BCUT2D eigenvalue weighted by Gasteiger charge is -2.10. The van der Waals surface area contributed by atoms with E-state index < -0.39 is 29.4 Å². The molecule has 0 bridgehead atoms. The Labute approximate surface area is 164 Å². The van der Waals surface area contributed by atoms with Crippen LogP contribution in [0.5, 0.6) is 0 Å². The van der Waals surface area contributed by atoms with E-state index in [-0.39, 0.29) is 27.9 Å². The molecule has 1 N–H and O–H groups in total. The summed E-state index contributed by atoms with van der Waals surface area (Å²) in [5.74, 6) is -1.05. The number of benzene rings is 2. The maximum atomic E-state index is 12.8. The fourth-order valence-electron chi connectivity index (χ4n) is 2.30. The average molecular weight is 435 g/mol. The largest absolute Gasteiger partial charge is 0.444 e. The molecule has 3 aromatic rings. The maximum absolute atomic E-state index is 12.8. The second kappa shape index (κ2) is 7.43. The predicted molar refractivity (Wildman–Crippen MR) is 91.3 cm³/mol. The molecule has 11 heteroatoms. The van der Waals surface area contributed by atoms with E-state index in [1.165, 1.54) is 0 Å². The highest BCUT2D eigenvalue weighted by Gasteiger charge is 2.31. The van der Waals surface area contributed by atoms with E-state index in [1.807, 2.05) is 0 Å². The summed E-state index contributed by atoms with van der Waals surface area (Å²) in [5.41, 5.74) is -2.29. The molecular formula is C18H9ClF6N2O2. The van der Waals surface area contributed by atoms with Crippen LogP contribution in [0.25, 0.3) is 11.5 Å². The van der Waals surface area contributed by atoms with E-state index in [2.05, 4.69) is 10.3 Å². The Hall–Kier alpha value is -3.01. The van der Waals surface area contributed by atoms with Gasteiger partial charge >= 0.3 is 12.4 Å². The molecule has 0 aliphatic heterocycles. The van der Waals surface area contributed by atoms with Crippen LogP contribution >= 0.6 is 11.6 Å². The Morgan fingerprint density at radius 3 is 2.10 bits per heavy atom. The summed E-state index contributed by atoms with van der Waals surface area (Å²) in [7, 11) is 0. The lowest BCUT2D eigenvalue weighted by Crippen LogP contribution is -2.14. The molecule has 1 amide bonds. The van der Waals surface area contributed by atoms with Crippen LogP contribution in [0.4, 0.5) is 32.0 Å². The van der Waals surface area contributed by atoms with Gasteiger partial charge in [0.05, 0.1) is 21.8 Å². The van der Waals surface area contributed by atoms with Crippen LogP contribution in [0, 0.1) is 0 Å². The zero-order valence-corrected chi connectivity index (χ0v) is 14.8. The smallest absolute Gasteiger partial charge is 0.416 e. The van der Waals surface area contributed by atoms with Crippen LogP contribution < -0.4 is 5.32 Å². The van der Waals surface area contributed by atoms with Crippen molar-refractivity contribution in [3.8, 4) is 11.5 Å². The molecule has 0 saturated heterocycles. The van der Waals surface area contributed by atoms with Gasteiger partial charge in [0.1, 0.15) is 6.26 Å². The zero-order chi connectivity index (χ0) is 21.4. The van der Waals surface area contributed by atoms with Crippen molar-refractivity contribution >= 4 is 23.2 Å². The molecule has 1 aromatic heterocycles. The predicted octanol–water partition coefficient (Wildman–Crippen LogP) is 6.28. The van der Waals surface area contributed by atoms with Crippen LogP contribution in [0.1, 0.15) is 21.6 Å². The highest BCUT2D eigenvalue weighted by Crippen LogP contribution is 2.34. The number of aromatic nitrogens is 1. The Kier molecular flexibility index (Phi) is 5.31. The molecule has 29 heavy (non-hydrogen) atoms. The first kappa shape index (κ1) is 20.7. The number of oxazole rings is 1. The first-order chi connectivity index (χ1) is 13.4. The summed E-state index contributed by atoms with van der Waals surface area (Å²) >= 11 is 5.81. The number of nitrogens with one attached hydrogen (secondary N) is 1. The standard InChI is InChI=1S/C18H9ClF6N2O2/c19-12-6-5-11(18(23,24)25)7-13(12)26-15(28)14-8-29-16(27-14)9-1-3-10(4-2-9)17(20,21)22/h1-8H,(H,26,28). The molecule has 0 aliphatic rings. The van der Waals surface area contributed by atoms with E-state index in [1.54, 1.807) is 0 Å². The monoisotopic (exact) mass is 434 g/mol. The van der Waals surface area contributed by atoms with Gasteiger partial charge in [-0.3, -0.25) is 4.79 Å². The van der Waals surface area contributed by atoms with E-state index in [0.29, 0.717) is 6.07 Å². The van der Waals surface area contributed by atoms with Crippen LogP contribution in [-0.2, 0) is 12.4 Å². The van der Waals surface area contributed by atoms with Crippen molar-refractivity contribution in [1.29, 1.82) is 0 Å². The fraction of sp³-hybridized carbons (Fsp3) is 0.111. The second-order valence-electron chi connectivity index (χ2n) is 5.76. The van der Waals surface area contributed by atoms with Crippen LogP contribution in [0.15, 0.2) is 53.1 Å². The molecule has 0 saturated carbocycles. The summed E-state index contributed by atoms with van der Waals surface area (Å²) in [6.45, 7) is 0. The quantitative estimate of drug-likeness (QED) is 0.493. The molecule has 0 radical (unpaired) electrons. The SMILES string of the molecule is O=C(Nc1cc(C(F)(F)F)ccc1Cl)c1coc(-c2ccc(C(F)(F)F)cc2)n1. The summed E-state index contributed by atoms with van der Waals surface area (Å²) in [6.07, 6.45) is -8.22. The lowest BCUT2D eigenvalue weighted by molar-refractivity contribution is -0.138. The minimum absolute atomic E-state index is 0.127. The molecule has 0 fully saturated rings. The van der Waals surface area contributed by atoms with Crippen molar-refractivity contribution in [2.45, 2.75) is 12.4 Å². The third-order valence-electron chi connectivity index (χ3n) is 3.74. The van der Waals surface area contributed by atoms with Crippen LogP contribution in [0.2, 0.25) is 5.02 Å². The number of halogens is 7. The fourth-order valence-corrected chi connectivity index (χ4v) is 2.46. The van der Waals surface area contributed by atoms with E-state index in [4.69, 9.17) is 16.0 Å². The average Bonchev–Trinajstić information content (AvgIpc) is 3.12. The van der Waals surface area contributed by atoms with Crippen molar-refractivity contribution < 1.29 is 35.6 Å². The Morgan fingerprint density at radius 1 is 0.931 bits per heavy atom. The normalized spacial score (nSPS) is 12.1. The third-order valence-corrected chi connectivity index (χ3v) is 4.07. The summed E-state index contributed by atoms with van der Waals surface area (Å²) in [5, 5.41) is 2.06. The van der Waals surface area contributed by atoms with Gasteiger partial charge in [-0.25, -0.2) is 4.98 Å². The molecule has 1 heterocycles. The third kappa shape index (κ3) is 4.70. The summed E-state index contributed by atoms with van der Waals surface area (Å²) in [6, 6.07) is 6.27. The number of alkyl halides is 6. The minimum atomic E-state index is -4.63. The number of anilines is 1. The Morgan fingerprint density at radius 2 is 1.52 bits per heavy atom. The maximum Gasteiger partial charge on any atom is 0.416 e. The zero-order valence-electron chi connectivity index (χ0n) is 14.0. The Balaban J connectivity index is 1.80. The topological polar surface area (TPSA) is 55.1 Å². The van der Waals surface area contributed by atoms with Gasteiger partial charge in [0.15, 0.2) is 5.69 Å². The number of carbonyl (C=O) groups is 1. The van der Waals surface area contributed by atoms with Gasteiger partial charge in [0.25, 0.3) is 5.91 Å². The first-order valence-electron chi connectivity index (χ1n) is 7.76. The van der Waals surface area contributed by atoms with Gasteiger partial charge in [-0.1, -0.05) is 11.6 Å². The molecule has 0 atom stereocenters. The highest BCUT2D eigenvalue weighted by atomic mass is 35.5. The molecule has 2 aromatic carbocycles.